The number of nitrogens with zero attached hydrogens (tertiary/aromatic N) is 6. The highest BCUT2D eigenvalue weighted by atomic mass is 15.4. The Bertz CT molecular complexity index is 1070. The van der Waals surface area contributed by atoms with E-state index in [1.54, 1.807) is 4.68 Å². The molecule has 0 atom stereocenters. The number of aromatic nitrogens is 6. The normalized spacial score (nSPS) is 11.3. The molecule has 4 N–H and O–H groups in total. The predicted octanol–water partition coefficient (Wildman–Crippen LogP) is 2.56. The minimum Gasteiger partial charge on any atom is -0.382 e. The molecule has 4 aromatic rings. The fourth-order valence-corrected chi connectivity index (χ4v) is 2.95. The van der Waals surface area contributed by atoms with E-state index in [-0.39, 0.29) is 11.8 Å². The maximum absolute atomic E-state index is 5.99. The topological polar surface area (TPSA) is 113 Å². The van der Waals surface area contributed by atoms with E-state index in [4.69, 9.17) is 11.5 Å². The largest absolute Gasteiger partial charge is 0.382 e. The summed E-state index contributed by atoms with van der Waals surface area (Å²) >= 11 is 0. The second kappa shape index (κ2) is 6.14. The van der Waals surface area contributed by atoms with Crippen molar-refractivity contribution in [2.45, 2.75) is 26.8 Å². The van der Waals surface area contributed by atoms with E-state index in [0.29, 0.717) is 17.1 Å². The smallest absolute Gasteiger partial charge is 0.233 e. The molecule has 0 fully saturated rings. The number of nitrogens with two attached hydrogens (primary N) is 2. The van der Waals surface area contributed by atoms with Crippen LogP contribution < -0.4 is 11.5 Å². The summed E-state index contributed by atoms with van der Waals surface area (Å²) in [7, 11) is 0. The lowest BCUT2D eigenvalue weighted by Gasteiger charge is -2.07. The van der Waals surface area contributed by atoms with Crippen LogP contribution in [0.3, 0.4) is 0 Å². The number of nitrogen functional groups attached to an aromatic ring is 2. The van der Waals surface area contributed by atoms with Gasteiger partial charge in [-0.15, -0.1) is 0 Å². The summed E-state index contributed by atoms with van der Waals surface area (Å²) in [5, 5.41) is 4.68. The first-order chi connectivity index (χ1) is 12.6. The fraction of sp³-hybridized carbons (Fsp3) is 0.222. The average molecular weight is 348 g/mol. The third-order valence-electron chi connectivity index (χ3n) is 4.21. The second-order valence-corrected chi connectivity index (χ2v) is 6.21. The standard InChI is InChI=1S/C18H20N8/c1-3-9-25-16-14(15(19)22-17(20)23-16)21-18(25)26-10-8-13(24-26)12-6-4-11(2)5-7-12/h4-8,10H,3,9H2,1-2H3,(H4,19,20,22,23). The molecule has 8 nitrogen and oxygen atoms in total. The van der Waals surface area contributed by atoms with Crippen molar-refractivity contribution >= 4 is 22.9 Å². The summed E-state index contributed by atoms with van der Waals surface area (Å²) in [6.45, 7) is 4.87. The van der Waals surface area contributed by atoms with Gasteiger partial charge < -0.3 is 11.5 Å². The highest BCUT2D eigenvalue weighted by Crippen LogP contribution is 2.24. The van der Waals surface area contributed by atoms with E-state index in [9.17, 15) is 0 Å². The van der Waals surface area contributed by atoms with Crippen LogP contribution in [-0.2, 0) is 6.54 Å². The number of benzene rings is 1. The summed E-state index contributed by atoms with van der Waals surface area (Å²) < 4.78 is 3.71. The van der Waals surface area contributed by atoms with Crippen LogP contribution in [-0.4, -0.2) is 29.3 Å². The Labute approximate surface area is 150 Å². The molecule has 0 saturated carbocycles. The predicted molar refractivity (Wildman–Crippen MR) is 102 cm³/mol. The average Bonchev–Trinajstić information content (AvgIpc) is 3.22. The zero-order valence-corrected chi connectivity index (χ0v) is 14.7. The number of hydrogen-bond acceptors (Lipinski definition) is 6. The van der Waals surface area contributed by atoms with E-state index in [1.807, 2.05) is 16.8 Å². The minimum atomic E-state index is 0.139. The van der Waals surface area contributed by atoms with Crippen molar-refractivity contribution in [1.29, 1.82) is 0 Å². The van der Waals surface area contributed by atoms with E-state index in [0.717, 1.165) is 24.2 Å². The summed E-state index contributed by atoms with van der Waals surface area (Å²) in [5.74, 6) is 1.06. The molecule has 8 heteroatoms. The molecule has 132 valence electrons. The Morgan fingerprint density at radius 1 is 1.00 bits per heavy atom. The summed E-state index contributed by atoms with van der Waals surface area (Å²) in [5.41, 5.74) is 16.1. The highest BCUT2D eigenvalue weighted by Gasteiger charge is 2.18. The molecule has 0 unspecified atom stereocenters. The maximum atomic E-state index is 5.99. The maximum Gasteiger partial charge on any atom is 0.233 e. The Morgan fingerprint density at radius 2 is 1.77 bits per heavy atom. The Kier molecular flexibility index (Phi) is 3.80. The molecule has 0 radical (unpaired) electrons. The monoisotopic (exact) mass is 348 g/mol. The molecule has 1 aromatic carbocycles. The van der Waals surface area contributed by atoms with Gasteiger partial charge in [-0.05, 0) is 19.4 Å². The lowest BCUT2D eigenvalue weighted by atomic mass is 10.1. The van der Waals surface area contributed by atoms with Crippen LogP contribution >= 0.6 is 0 Å². The van der Waals surface area contributed by atoms with Gasteiger partial charge in [0.05, 0.1) is 5.69 Å². The first-order valence-electron chi connectivity index (χ1n) is 8.49. The molecule has 0 aliphatic carbocycles. The number of rotatable bonds is 4. The van der Waals surface area contributed by atoms with Crippen LogP contribution in [0.4, 0.5) is 11.8 Å². The molecule has 26 heavy (non-hydrogen) atoms. The Balaban J connectivity index is 1.85. The third kappa shape index (κ3) is 2.65. The lowest BCUT2D eigenvalue weighted by molar-refractivity contribution is 0.648. The summed E-state index contributed by atoms with van der Waals surface area (Å²) in [4.78, 5) is 13.0. The summed E-state index contributed by atoms with van der Waals surface area (Å²) in [6, 6.07) is 10.2. The van der Waals surface area contributed by atoms with Crippen molar-refractivity contribution in [3.8, 4) is 17.2 Å². The van der Waals surface area contributed by atoms with Gasteiger partial charge >= 0.3 is 0 Å². The number of aryl methyl sites for hydroxylation is 2. The van der Waals surface area contributed by atoms with E-state index >= 15 is 0 Å². The molecule has 0 aliphatic heterocycles. The molecule has 3 aromatic heterocycles. The molecule has 0 aliphatic rings. The second-order valence-electron chi connectivity index (χ2n) is 6.21. The van der Waals surface area contributed by atoms with E-state index in [1.165, 1.54) is 5.56 Å². The molecule has 0 amide bonds. The van der Waals surface area contributed by atoms with Gasteiger partial charge in [0, 0.05) is 18.3 Å². The van der Waals surface area contributed by atoms with Crippen molar-refractivity contribution in [3.05, 3.63) is 42.1 Å². The molecule has 4 rings (SSSR count). The van der Waals surface area contributed by atoms with E-state index < -0.39 is 0 Å². The van der Waals surface area contributed by atoms with Crippen molar-refractivity contribution in [2.75, 3.05) is 11.5 Å². The molecule has 0 bridgehead atoms. The van der Waals surface area contributed by atoms with Gasteiger partial charge in [0.15, 0.2) is 17.0 Å². The van der Waals surface area contributed by atoms with Crippen LogP contribution in [0.2, 0.25) is 0 Å². The first kappa shape index (κ1) is 16.1. The molecule has 0 spiro atoms. The van der Waals surface area contributed by atoms with Crippen molar-refractivity contribution < 1.29 is 0 Å². The first-order valence-corrected chi connectivity index (χ1v) is 8.49. The quantitative estimate of drug-likeness (QED) is 0.586. The van der Waals surface area contributed by atoms with Gasteiger partial charge in [-0.2, -0.15) is 15.1 Å². The molecular weight excluding hydrogens is 328 g/mol. The fourth-order valence-electron chi connectivity index (χ4n) is 2.95. The highest BCUT2D eigenvalue weighted by molar-refractivity contribution is 5.84. The number of anilines is 2. The van der Waals surface area contributed by atoms with Crippen LogP contribution in [0.1, 0.15) is 18.9 Å². The van der Waals surface area contributed by atoms with Gasteiger partial charge in [0.25, 0.3) is 0 Å². The minimum absolute atomic E-state index is 0.139. The van der Waals surface area contributed by atoms with Crippen molar-refractivity contribution in [2.24, 2.45) is 0 Å². The number of imidazole rings is 1. The molecule has 3 heterocycles. The summed E-state index contributed by atoms with van der Waals surface area (Å²) in [6.07, 6.45) is 2.80. The van der Waals surface area contributed by atoms with Crippen LogP contribution in [0.15, 0.2) is 36.5 Å². The van der Waals surface area contributed by atoms with Crippen LogP contribution in [0.5, 0.6) is 0 Å². The zero-order valence-electron chi connectivity index (χ0n) is 14.7. The van der Waals surface area contributed by atoms with Gasteiger partial charge in [0.1, 0.15) is 0 Å². The number of hydrogen-bond donors (Lipinski definition) is 2. The van der Waals surface area contributed by atoms with Crippen LogP contribution in [0, 0.1) is 6.92 Å². The van der Waals surface area contributed by atoms with Crippen LogP contribution in [0.25, 0.3) is 28.4 Å². The van der Waals surface area contributed by atoms with Crippen molar-refractivity contribution in [1.82, 2.24) is 29.3 Å². The Hall–Kier alpha value is -3.42. The SMILES string of the molecule is CCCn1c(-n2ccc(-c3ccc(C)cc3)n2)nc2c(N)nc(N)nc21. The molecule has 0 saturated heterocycles. The van der Waals surface area contributed by atoms with Gasteiger partial charge in [-0.1, -0.05) is 36.8 Å². The third-order valence-corrected chi connectivity index (χ3v) is 4.21. The van der Waals surface area contributed by atoms with Crippen molar-refractivity contribution in [3.63, 3.8) is 0 Å². The number of fused-ring (bicyclic) bond motifs is 1. The van der Waals surface area contributed by atoms with E-state index in [2.05, 4.69) is 58.2 Å². The van der Waals surface area contributed by atoms with Gasteiger partial charge in [-0.25, -0.2) is 9.67 Å². The van der Waals surface area contributed by atoms with Gasteiger partial charge in [-0.3, -0.25) is 4.57 Å². The molecular formula is C18H20N8. The lowest BCUT2D eigenvalue weighted by Crippen LogP contribution is -2.08. The van der Waals surface area contributed by atoms with Gasteiger partial charge in [0.2, 0.25) is 11.9 Å². The zero-order chi connectivity index (χ0) is 18.3. The Morgan fingerprint density at radius 3 is 2.50 bits per heavy atom.